The summed E-state index contributed by atoms with van der Waals surface area (Å²) < 4.78 is 0. The molecule has 104 valence electrons. The van der Waals surface area contributed by atoms with Gasteiger partial charge in [-0.25, -0.2) is 0 Å². The van der Waals surface area contributed by atoms with E-state index >= 15 is 0 Å². The molecule has 0 aromatic carbocycles. The fourth-order valence-electron chi connectivity index (χ4n) is 3.40. The monoisotopic (exact) mass is 254 g/mol. The standard InChI is InChI=1S/C14H26N2O2/c1-11(18)16-9-12(6-7-17)8-14(10-16)15-13-4-2-3-5-13/h12-15,17H,2-10H2,1H3. The van der Waals surface area contributed by atoms with Crippen LogP contribution in [0.2, 0.25) is 0 Å². The molecule has 2 atom stereocenters. The zero-order valence-electron chi connectivity index (χ0n) is 11.4. The molecule has 1 aliphatic carbocycles. The third kappa shape index (κ3) is 3.69. The zero-order chi connectivity index (χ0) is 13.0. The predicted molar refractivity (Wildman–Crippen MR) is 71.2 cm³/mol. The molecular weight excluding hydrogens is 228 g/mol. The summed E-state index contributed by atoms with van der Waals surface area (Å²) in [5.41, 5.74) is 0. The number of aliphatic hydroxyl groups is 1. The summed E-state index contributed by atoms with van der Waals surface area (Å²) >= 11 is 0. The van der Waals surface area contributed by atoms with Gasteiger partial charge in [0.15, 0.2) is 0 Å². The van der Waals surface area contributed by atoms with Crippen molar-refractivity contribution in [2.75, 3.05) is 19.7 Å². The Morgan fingerprint density at radius 1 is 1.28 bits per heavy atom. The minimum atomic E-state index is 0.163. The third-order valence-corrected chi connectivity index (χ3v) is 4.35. The molecule has 4 heteroatoms. The van der Waals surface area contributed by atoms with E-state index in [-0.39, 0.29) is 12.5 Å². The van der Waals surface area contributed by atoms with Crippen molar-refractivity contribution >= 4 is 5.91 Å². The number of likely N-dealkylation sites (tertiary alicyclic amines) is 1. The van der Waals surface area contributed by atoms with Crippen LogP contribution in [-0.4, -0.2) is 47.7 Å². The van der Waals surface area contributed by atoms with Crippen LogP contribution in [0.25, 0.3) is 0 Å². The summed E-state index contributed by atoms with van der Waals surface area (Å²) in [6.07, 6.45) is 7.14. The summed E-state index contributed by atoms with van der Waals surface area (Å²) in [6.45, 7) is 3.53. The first-order valence-electron chi connectivity index (χ1n) is 7.31. The largest absolute Gasteiger partial charge is 0.396 e. The maximum atomic E-state index is 11.6. The number of hydrogen-bond donors (Lipinski definition) is 2. The van der Waals surface area contributed by atoms with E-state index in [1.54, 1.807) is 6.92 Å². The van der Waals surface area contributed by atoms with Crippen molar-refractivity contribution in [3.63, 3.8) is 0 Å². The van der Waals surface area contributed by atoms with Crippen molar-refractivity contribution in [3.8, 4) is 0 Å². The SMILES string of the molecule is CC(=O)N1CC(CCO)CC(NC2CCCC2)C1. The Labute approximate surface area is 110 Å². The predicted octanol–water partition coefficient (Wildman–Crippen LogP) is 1.14. The van der Waals surface area contributed by atoms with Crippen LogP contribution in [0.1, 0.15) is 45.4 Å². The van der Waals surface area contributed by atoms with Gasteiger partial charge in [-0.1, -0.05) is 12.8 Å². The molecule has 1 heterocycles. The number of nitrogens with one attached hydrogen (secondary N) is 1. The lowest BCUT2D eigenvalue weighted by molar-refractivity contribution is -0.131. The molecule has 1 saturated carbocycles. The Morgan fingerprint density at radius 3 is 2.61 bits per heavy atom. The molecule has 2 unspecified atom stereocenters. The third-order valence-electron chi connectivity index (χ3n) is 4.35. The second kappa shape index (κ2) is 6.53. The molecule has 2 fully saturated rings. The smallest absolute Gasteiger partial charge is 0.219 e. The van der Waals surface area contributed by atoms with Gasteiger partial charge in [-0.05, 0) is 31.6 Å². The first kappa shape index (κ1) is 13.8. The Bertz CT molecular complexity index is 277. The Hall–Kier alpha value is -0.610. The van der Waals surface area contributed by atoms with Gasteiger partial charge in [-0.3, -0.25) is 4.79 Å². The van der Waals surface area contributed by atoms with Crippen LogP contribution < -0.4 is 5.32 Å². The average Bonchev–Trinajstić information content (AvgIpc) is 2.82. The van der Waals surface area contributed by atoms with Crippen LogP contribution in [-0.2, 0) is 4.79 Å². The van der Waals surface area contributed by atoms with Gasteiger partial charge < -0.3 is 15.3 Å². The van der Waals surface area contributed by atoms with Crippen LogP contribution in [0, 0.1) is 5.92 Å². The van der Waals surface area contributed by atoms with E-state index in [4.69, 9.17) is 5.11 Å². The number of aliphatic hydroxyl groups excluding tert-OH is 1. The fraction of sp³-hybridized carbons (Fsp3) is 0.929. The van der Waals surface area contributed by atoms with Crippen LogP contribution in [0.5, 0.6) is 0 Å². The summed E-state index contributed by atoms with van der Waals surface area (Å²) in [4.78, 5) is 13.5. The summed E-state index contributed by atoms with van der Waals surface area (Å²) in [5.74, 6) is 0.613. The van der Waals surface area contributed by atoms with Crippen molar-refractivity contribution in [1.29, 1.82) is 0 Å². The molecule has 18 heavy (non-hydrogen) atoms. The van der Waals surface area contributed by atoms with Crippen LogP contribution in [0.3, 0.4) is 0 Å². The van der Waals surface area contributed by atoms with E-state index < -0.39 is 0 Å². The zero-order valence-corrected chi connectivity index (χ0v) is 11.4. The summed E-state index contributed by atoms with van der Waals surface area (Å²) in [6, 6.07) is 1.07. The van der Waals surface area contributed by atoms with Gasteiger partial charge in [-0.2, -0.15) is 0 Å². The van der Waals surface area contributed by atoms with Crippen LogP contribution in [0.15, 0.2) is 0 Å². The van der Waals surface area contributed by atoms with Crippen molar-refractivity contribution < 1.29 is 9.90 Å². The van der Waals surface area contributed by atoms with E-state index in [0.717, 1.165) is 25.9 Å². The van der Waals surface area contributed by atoms with Gasteiger partial charge in [-0.15, -0.1) is 0 Å². The molecule has 0 aromatic heterocycles. The number of hydrogen-bond acceptors (Lipinski definition) is 3. The molecule has 2 aliphatic rings. The van der Waals surface area contributed by atoms with Crippen molar-refractivity contribution in [2.24, 2.45) is 5.92 Å². The maximum absolute atomic E-state index is 11.6. The topological polar surface area (TPSA) is 52.6 Å². The van der Waals surface area contributed by atoms with E-state index in [9.17, 15) is 4.79 Å². The molecule has 0 bridgehead atoms. The van der Waals surface area contributed by atoms with E-state index in [2.05, 4.69) is 5.32 Å². The number of rotatable bonds is 4. The molecule has 4 nitrogen and oxygen atoms in total. The van der Waals surface area contributed by atoms with Crippen molar-refractivity contribution in [2.45, 2.75) is 57.5 Å². The van der Waals surface area contributed by atoms with Crippen molar-refractivity contribution in [1.82, 2.24) is 10.2 Å². The lowest BCUT2D eigenvalue weighted by atomic mass is 9.91. The minimum Gasteiger partial charge on any atom is -0.396 e. The van der Waals surface area contributed by atoms with E-state index in [0.29, 0.717) is 18.0 Å². The first-order valence-corrected chi connectivity index (χ1v) is 7.31. The van der Waals surface area contributed by atoms with Gasteiger partial charge in [0.2, 0.25) is 5.91 Å². The second-order valence-electron chi connectivity index (χ2n) is 5.88. The van der Waals surface area contributed by atoms with Gasteiger partial charge in [0.05, 0.1) is 0 Å². The molecule has 2 rings (SSSR count). The summed E-state index contributed by atoms with van der Waals surface area (Å²) in [5, 5.41) is 12.8. The molecule has 0 aromatic rings. The van der Waals surface area contributed by atoms with Crippen LogP contribution in [0.4, 0.5) is 0 Å². The molecule has 0 radical (unpaired) electrons. The summed E-state index contributed by atoms with van der Waals surface area (Å²) in [7, 11) is 0. The lowest BCUT2D eigenvalue weighted by Gasteiger charge is -2.38. The van der Waals surface area contributed by atoms with Crippen LogP contribution >= 0.6 is 0 Å². The van der Waals surface area contributed by atoms with Gasteiger partial charge in [0, 0.05) is 38.7 Å². The van der Waals surface area contributed by atoms with Crippen molar-refractivity contribution in [3.05, 3.63) is 0 Å². The normalized spacial score (nSPS) is 29.8. The van der Waals surface area contributed by atoms with E-state index in [1.165, 1.54) is 25.7 Å². The quantitative estimate of drug-likeness (QED) is 0.791. The number of nitrogens with zero attached hydrogens (tertiary/aromatic N) is 1. The molecular formula is C14H26N2O2. The fourth-order valence-corrected chi connectivity index (χ4v) is 3.40. The number of carbonyl (C=O) groups excluding carboxylic acids is 1. The molecule has 2 N–H and O–H groups in total. The Balaban J connectivity index is 1.89. The second-order valence-corrected chi connectivity index (χ2v) is 5.88. The Kier molecular flexibility index (Phi) is 5.01. The molecule has 1 amide bonds. The number of carbonyl (C=O) groups is 1. The highest BCUT2D eigenvalue weighted by molar-refractivity contribution is 5.73. The van der Waals surface area contributed by atoms with Gasteiger partial charge >= 0.3 is 0 Å². The Morgan fingerprint density at radius 2 is 2.00 bits per heavy atom. The van der Waals surface area contributed by atoms with Gasteiger partial charge in [0.25, 0.3) is 0 Å². The van der Waals surface area contributed by atoms with E-state index in [1.807, 2.05) is 4.90 Å². The van der Waals surface area contributed by atoms with Gasteiger partial charge in [0.1, 0.15) is 0 Å². The number of piperidine rings is 1. The first-order chi connectivity index (χ1) is 8.69. The molecule has 1 saturated heterocycles. The highest BCUT2D eigenvalue weighted by Crippen LogP contribution is 2.23. The highest BCUT2D eigenvalue weighted by Gasteiger charge is 2.30. The maximum Gasteiger partial charge on any atom is 0.219 e. The highest BCUT2D eigenvalue weighted by atomic mass is 16.3. The molecule has 1 aliphatic heterocycles. The minimum absolute atomic E-state index is 0.163. The number of amides is 1. The molecule has 0 spiro atoms. The average molecular weight is 254 g/mol. The lowest BCUT2D eigenvalue weighted by Crippen LogP contribution is -2.52.